The molecule has 2 aromatic rings. The second kappa shape index (κ2) is 14.3. The molecule has 0 radical (unpaired) electrons. The first kappa shape index (κ1) is 33.0. The van der Waals surface area contributed by atoms with Crippen molar-refractivity contribution in [3.8, 4) is 0 Å². The highest BCUT2D eigenvalue weighted by atomic mass is 15.4. The minimum atomic E-state index is 0.420. The largest absolute Gasteiger partial charge is 0.286 e. The van der Waals surface area contributed by atoms with Crippen LogP contribution in [0.25, 0.3) is 10.8 Å². The summed E-state index contributed by atoms with van der Waals surface area (Å²) in [4.78, 5) is 0. The Kier molecular flexibility index (Phi) is 9.44. The molecule has 4 saturated carbocycles. The van der Waals surface area contributed by atoms with E-state index in [2.05, 4.69) is 91.1 Å². The van der Waals surface area contributed by atoms with Crippen LogP contribution in [0.1, 0.15) is 103 Å². The summed E-state index contributed by atoms with van der Waals surface area (Å²) in [6.07, 6.45) is 25.6. The number of fused-ring (bicyclic) bond motifs is 21. The second-order valence-electron chi connectivity index (χ2n) is 18.0. The van der Waals surface area contributed by atoms with Crippen LogP contribution >= 0.6 is 0 Å². The van der Waals surface area contributed by atoms with Crippen molar-refractivity contribution in [1.82, 2.24) is 42.5 Å². The highest BCUT2D eigenvalue weighted by molar-refractivity contribution is 5.82. The van der Waals surface area contributed by atoms with Crippen LogP contribution in [0.3, 0.4) is 0 Å². The van der Waals surface area contributed by atoms with Gasteiger partial charge in [-0.2, -0.15) is 0 Å². The van der Waals surface area contributed by atoms with Gasteiger partial charge in [0.25, 0.3) is 0 Å². The molecule has 5 aliphatic heterocycles. The van der Waals surface area contributed by atoms with Crippen LogP contribution in [0.5, 0.6) is 0 Å². The summed E-state index contributed by atoms with van der Waals surface area (Å²) in [6.45, 7) is 0. The van der Waals surface area contributed by atoms with Gasteiger partial charge in [0.1, 0.15) is 0 Å². The van der Waals surface area contributed by atoms with E-state index in [1.807, 2.05) is 0 Å². The SMILES string of the molecule is C1CCC2C3NC(NC4NC(NC5NC(NC6NC(N3)C3CCCCC63)C3CCCCC53)C3CCCCC43)C2C1.c1ccc2ccccc2c1. The number of hydrogen-bond donors (Lipinski definition) is 8. The van der Waals surface area contributed by atoms with Gasteiger partial charge >= 0.3 is 0 Å². The Morgan fingerprint density at radius 1 is 0.260 bits per heavy atom. The van der Waals surface area contributed by atoms with Gasteiger partial charge in [-0.05, 0) is 109 Å². The topological polar surface area (TPSA) is 96.2 Å². The molecule has 5 heterocycles. The van der Waals surface area contributed by atoms with Crippen LogP contribution < -0.4 is 42.5 Å². The van der Waals surface area contributed by atoms with Gasteiger partial charge in [0.2, 0.25) is 0 Å². The van der Waals surface area contributed by atoms with E-state index < -0.39 is 0 Å². The van der Waals surface area contributed by atoms with Crippen LogP contribution in [-0.4, -0.2) is 49.3 Å². The molecule has 0 amide bonds. The zero-order valence-electron chi connectivity index (χ0n) is 30.2. The van der Waals surface area contributed by atoms with Gasteiger partial charge in [-0.15, -0.1) is 0 Å². The van der Waals surface area contributed by atoms with E-state index >= 15 is 0 Å². The molecular formula is C42H64N8. The summed E-state index contributed by atoms with van der Waals surface area (Å²) in [5.41, 5.74) is 0. The Balaban J connectivity index is 0.000000272. The summed E-state index contributed by atoms with van der Waals surface area (Å²) in [5.74, 6) is 5.97. The average Bonchev–Trinajstić information content (AvgIpc) is 3.91. The monoisotopic (exact) mass is 681 g/mol. The molecule has 0 aromatic heterocycles. The molecule has 2 aromatic carbocycles. The molecule has 9 aliphatic rings. The number of rotatable bonds is 0. The zero-order valence-corrected chi connectivity index (χ0v) is 30.2. The molecule has 8 heteroatoms. The lowest BCUT2D eigenvalue weighted by Gasteiger charge is -2.35. The lowest BCUT2D eigenvalue weighted by molar-refractivity contribution is 0.167. The maximum atomic E-state index is 4.26. The van der Waals surface area contributed by atoms with Crippen molar-refractivity contribution in [3.63, 3.8) is 0 Å². The minimum absolute atomic E-state index is 0.420. The fraction of sp³-hybridized carbons (Fsp3) is 0.762. The van der Waals surface area contributed by atoms with E-state index in [0.717, 1.165) is 47.3 Å². The summed E-state index contributed by atoms with van der Waals surface area (Å²) in [7, 11) is 0. The van der Waals surface area contributed by atoms with Crippen LogP contribution in [-0.2, 0) is 0 Å². The van der Waals surface area contributed by atoms with E-state index in [9.17, 15) is 0 Å². The molecular weight excluding hydrogens is 617 g/mol. The van der Waals surface area contributed by atoms with E-state index in [1.165, 1.54) is 114 Å². The maximum absolute atomic E-state index is 4.26. The third-order valence-electron chi connectivity index (χ3n) is 15.5. The minimum Gasteiger partial charge on any atom is -0.286 e. The number of benzene rings is 2. The molecule has 272 valence electrons. The van der Waals surface area contributed by atoms with Crippen LogP contribution in [0.15, 0.2) is 48.5 Å². The first-order chi connectivity index (χ1) is 24.8. The van der Waals surface area contributed by atoms with Crippen molar-refractivity contribution in [2.75, 3.05) is 0 Å². The van der Waals surface area contributed by atoms with Crippen LogP contribution in [0.2, 0.25) is 0 Å². The molecule has 8 N–H and O–H groups in total. The van der Waals surface area contributed by atoms with Gasteiger partial charge in [-0.25, -0.2) is 0 Å². The second-order valence-corrected chi connectivity index (χ2v) is 18.0. The first-order valence-corrected chi connectivity index (χ1v) is 21.3. The van der Waals surface area contributed by atoms with Crippen molar-refractivity contribution in [2.24, 2.45) is 47.3 Å². The van der Waals surface area contributed by atoms with Gasteiger partial charge in [0.05, 0.1) is 49.3 Å². The molecule has 50 heavy (non-hydrogen) atoms. The average molecular weight is 681 g/mol. The first-order valence-electron chi connectivity index (χ1n) is 21.3. The molecule has 0 spiro atoms. The molecule has 11 rings (SSSR count). The predicted molar refractivity (Wildman–Crippen MR) is 201 cm³/mol. The fourth-order valence-corrected chi connectivity index (χ4v) is 13.1. The molecule has 8 bridgehead atoms. The molecule has 8 unspecified atom stereocenters. The predicted octanol–water partition coefficient (Wildman–Crippen LogP) is 5.45. The smallest absolute Gasteiger partial charge is 0.0628 e. The molecule has 8 nitrogen and oxygen atoms in total. The standard InChI is InChI=1S/C32H56N8.C10H8/c1-2-10-18-17(9-1)25-33-26(18)38-28-21-13-5-6-14-22(21)30(35-28)40-32-24-16-8-7-15-23(24)31(36-32)39-29-20-12-4-3-11-19(20)27(34-29)37-25;1-2-6-10-8-4-3-7-9(10)5-1/h17-40H,1-16H2;1-8H. The van der Waals surface area contributed by atoms with Gasteiger partial charge in [-0.3, -0.25) is 42.5 Å². The lowest BCUT2D eigenvalue weighted by atomic mass is 9.76. The van der Waals surface area contributed by atoms with E-state index in [4.69, 9.17) is 0 Å². The van der Waals surface area contributed by atoms with Crippen LogP contribution in [0.4, 0.5) is 0 Å². The Morgan fingerprint density at radius 2 is 0.420 bits per heavy atom. The van der Waals surface area contributed by atoms with Gasteiger partial charge < -0.3 is 0 Å². The van der Waals surface area contributed by atoms with E-state index in [0.29, 0.717) is 49.3 Å². The number of nitrogens with one attached hydrogen (secondary N) is 8. The zero-order chi connectivity index (χ0) is 33.0. The van der Waals surface area contributed by atoms with Gasteiger partial charge in [0, 0.05) is 0 Å². The highest BCUT2D eigenvalue weighted by Gasteiger charge is 2.54. The van der Waals surface area contributed by atoms with Crippen molar-refractivity contribution in [3.05, 3.63) is 48.5 Å². The van der Waals surface area contributed by atoms with Crippen molar-refractivity contribution in [2.45, 2.75) is 152 Å². The van der Waals surface area contributed by atoms with Crippen LogP contribution in [0, 0.1) is 47.3 Å². The van der Waals surface area contributed by atoms with Gasteiger partial charge in [0.15, 0.2) is 0 Å². The highest BCUT2D eigenvalue weighted by Crippen LogP contribution is 2.45. The van der Waals surface area contributed by atoms with Gasteiger partial charge in [-0.1, -0.05) is 99.9 Å². The maximum Gasteiger partial charge on any atom is 0.0628 e. The Morgan fingerprint density at radius 3 is 0.580 bits per heavy atom. The fourth-order valence-electron chi connectivity index (χ4n) is 13.1. The normalized spacial score (nSPS) is 48.1. The Hall–Kier alpha value is -1.62. The van der Waals surface area contributed by atoms with Crippen molar-refractivity contribution < 1.29 is 0 Å². The number of hydrogen-bond acceptors (Lipinski definition) is 8. The van der Waals surface area contributed by atoms with E-state index in [-0.39, 0.29) is 0 Å². The molecule has 4 aliphatic carbocycles. The molecule has 8 atom stereocenters. The summed E-state index contributed by atoms with van der Waals surface area (Å²) in [5, 5.41) is 36.4. The van der Waals surface area contributed by atoms with Crippen molar-refractivity contribution in [1.29, 1.82) is 0 Å². The Labute approximate surface area is 300 Å². The third-order valence-corrected chi connectivity index (χ3v) is 15.5. The third kappa shape index (κ3) is 6.17. The molecule has 5 saturated heterocycles. The Bertz CT molecular complexity index is 1180. The molecule has 9 fully saturated rings. The summed E-state index contributed by atoms with van der Waals surface area (Å²) in [6, 6.07) is 16.7. The van der Waals surface area contributed by atoms with Crippen molar-refractivity contribution >= 4 is 10.8 Å². The lowest BCUT2D eigenvalue weighted by Crippen LogP contribution is -2.61. The van der Waals surface area contributed by atoms with E-state index in [1.54, 1.807) is 0 Å². The quantitative estimate of drug-likeness (QED) is 0.187. The summed E-state index contributed by atoms with van der Waals surface area (Å²) >= 11 is 0. The summed E-state index contributed by atoms with van der Waals surface area (Å²) < 4.78 is 0.